The molecule has 3 aromatic rings. The van der Waals surface area contributed by atoms with Crippen molar-refractivity contribution in [3.8, 4) is 5.95 Å². The molecule has 4 rings (SSSR count). The molecular weight excluding hydrogens is 382 g/mol. The number of carbonyl (C=O) groups is 2. The molecule has 10 heteroatoms. The summed E-state index contributed by atoms with van der Waals surface area (Å²) in [5.41, 5.74) is 0.718. The van der Waals surface area contributed by atoms with Crippen molar-refractivity contribution in [3.63, 3.8) is 0 Å². The minimum atomic E-state index is -3.13. The average Bonchev–Trinajstić information content (AvgIpc) is 3.23. The summed E-state index contributed by atoms with van der Waals surface area (Å²) >= 11 is 0. The van der Waals surface area contributed by atoms with E-state index in [9.17, 15) is 18.4 Å². The summed E-state index contributed by atoms with van der Waals surface area (Å²) in [6.07, 6.45) is 5.61. The molecule has 0 aromatic carbocycles. The number of hydrogen-bond donors (Lipinski definition) is 1. The standard InChI is InChI=1S/C19H18F2N6O2/c1-11(28)24-16-8-13-12(9-23-16)14(26-7-3-4-17(26)29)10-27(13)18-22-6-5-15(25-18)19(2,20)21/h5-6,8-10H,3-4,7H2,1-2H3,(H,23,24,28). The molecule has 1 N–H and O–H groups in total. The third-order valence-electron chi connectivity index (χ3n) is 4.65. The van der Waals surface area contributed by atoms with Crippen LogP contribution in [0.3, 0.4) is 0 Å². The molecule has 1 aliphatic heterocycles. The van der Waals surface area contributed by atoms with Crippen LogP contribution in [0.2, 0.25) is 0 Å². The van der Waals surface area contributed by atoms with E-state index in [4.69, 9.17) is 0 Å². The molecule has 0 atom stereocenters. The highest BCUT2D eigenvalue weighted by molar-refractivity contribution is 6.05. The third-order valence-corrected chi connectivity index (χ3v) is 4.65. The second kappa shape index (κ2) is 6.87. The second-order valence-electron chi connectivity index (χ2n) is 6.93. The number of aromatic nitrogens is 4. The molecule has 0 bridgehead atoms. The van der Waals surface area contributed by atoms with Crippen molar-refractivity contribution in [2.45, 2.75) is 32.6 Å². The third kappa shape index (κ3) is 3.53. The molecule has 0 saturated carbocycles. The van der Waals surface area contributed by atoms with Crippen LogP contribution in [0, 0.1) is 0 Å². The topological polar surface area (TPSA) is 93.0 Å². The largest absolute Gasteiger partial charge is 0.311 e. The number of rotatable bonds is 4. The van der Waals surface area contributed by atoms with Gasteiger partial charge in [0.2, 0.25) is 17.8 Å². The number of nitrogens with zero attached hydrogens (tertiary/aromatic N) is 5. The molecule has 1 aliphatic rings. The quantitative estimate of drug-likeness (QED) is 0.727. The Bertz CT molecular complexity index is 1120. The summed E-state index contributed by atoms with van der Waals surface area (Å²) in [4.78, 5) is 37.7. The SMILES string of the molecule is CC(=O)Nc1cc2c(cn1)c(N1CCCC1=O)cn2-c1nccc(C(C)(F)F)n1. The van der Waals surface area contributed by atoms with Crippen LogP contribution in [0.5, 0.6) is 0 Å². The zero-order chi connectivity index (χ0) is 20.8. The number of fused-ring (bicyclic) bond motifs is 1. The lowest BCUT2D eigenvalue weighted by Gasteiger charge is -2.14. The Labute approximate surface area is 164 Å². The lowest BCUT2D eigenvalue weighted by atomic mass is 10.2. The first-order chi connectivity index (χ1) is 13.7. The van der Waals surface area contributed by atoms with Crippen molar-refractivity contribution in [3.05, 3.63) is 36.4 Å². The molecule has 0 aliphatic carbocycles. The fourth-order valence-electron chi connectivity index (χ4n) is 3.34. The zero-order valence-electron chi connectivity index (χ0n) is 15.8. The first kappa shape index (κ1) is 18.9. The van der Waals surface area contributed by atoms with E-state index in [2.05, 4.69) is 20.3 Å². The van der Waals surface area contributed by atoms with Gasteiger partial charge in [-0.25, -0.2) is 15.0 Å². The Kier molecular flexibility index (Phi) is 4.48. The molecule has 3 aromatic heterocycles. The van der Waals surface area contributed by atoms with Crippen molar-refractivity contribution in [1.29, 1.82) is 0 Å². The van der Waals surface area contributed by atoms with Gasteiger partial charge in [-0.15, -0.1) is 0 Å². The van der Waals surface area contributed by atoms with Crippen LogP contribution in [-0.4, -0.2) is 37.9 Å². The van der Waals surface area contributed by atoms with Crippen LogP contribution < -0.4 is 10.2 Å². The van der Waals surface area contributed by atoms with Crippen molar-refractivity contribution < 1.29 is 18.4 Å². The van der Waals surface area contributed by atoms with Gasteiger partial charge in [0, 0.05) is 56.9 Å². The predicted molar refractivity (Wildman–Crippen MR) is 102 cm³/mol. The minimum Gasteiger partial charge on any atom is -0.311 e. The van der Waals surface area contributed by atoms with Gasteiger partial charge >= 0.3 is 0 Å². The zero-order valence-corrected chi connectivity index (χ0v) is 15.8. The lowest BCUT2D eigenvalue weighted by molar-refractivity contribution is -0.117. The number of carbonyl (C=O) groups excluding carboxylic acids is 2. The van der Waals surface area contributed by atoms with Crippen LogP contribution in [0.25, 0.3) is 16.9 Å². The Hall–Kier alpha value is -3.43. The number of nitrogens with one attached hydrogen (secondary N) is 1. The number of alkyl halides is 2. The van der Waals surface area contributed by atoms with Gasteiger partial charge in [0.15, 0.2) is 0 Å². The summed E-state index contributed by atoms with van der Waals surface area (Å²) in [6, 6.07) is 2.76. The Balaban J connectivity index is 1.92. The number of pyridine rings is 1. The van der Waals surface area contributed by atoms with Gasteiger partial charge in [-0.2, -0.15) is 8.78 Å². The Morgan fingerprint density at radius 3 is 2.76 bits per heavy atom. The lowest BCUT2D eigenvalue weighted by Crippen LogP contribution is -2.23. The molecular formula is C19H18F2N6O2. The van der Waals surface area contributed by atoms with Crippen molar-refractivity contribution in [1.82, 2.24) is 19.5 Å². The van der Waals surface area contributed by atoms with Gasteiger partial charge in [-0.3, -0.25) is 14.2 Å². The normalized spacial score (nSPS) is 14.6. The predicted octanol–water partition coefficient (Wildman–Crippen LogP) is 3.01. The smallest absolute Gasteiger partial charge is 0.287 e. The molecule has 1 fully saturated rings. The van der Waals surface area contributed by atoms with Gasteiger partial charge in [0.25, 0.3) is 5.92 Å². The fourth-order valence-corrected chi connectivity index (χ4v) is 3.34. The number of hydrogen-bond acceptors (Lipinski definition) is 5. The van der Waals surface area contributed by atoms with Gasteiger partial charge in [0.1, 0.15) is 11.5 Å². The molecule has 0 radical (unpaired) electrons. The Morgan fingerprint density at radius 1 is 1.31 bits per heavy atom. The second-order valence-corrected chi connectivity index (χ2v) is 6.93. The molecule has 0 spiro atoms. The summed E-state index contributed by atoms with van der Waals surface area (Å²) in [7, 11) is 0. The van der Waals surface area contributed by atoms with Gasteiger partial charge in [-0.05, 0) is 12.5 Å². The monoisotopic (exact) mass is 400 g/mol. The van der Waals surface area contributed by atoms with E-state index < -0.39 is 11.6 Å². The first-order valence-electron chi connectivity index (χ1n) is 9.05. The van der Waals surface area contributed by atoms with E-state index in [1.54, 1.807) is 17.2 Å². The summed E-state index contributed by atoms with van der Waals surface area (Å²) in [5, 5.41) is 3.23. The van der Waals surface area contributed by atoms with Crippen molar-refractivity contribution >= 4 is 34.2 Å². The molecule has 0 unspecified atom stereocenters. The maximum Gasteiger partial charge on any atom is 0.287 e. The molecule has 29 heavy (non-hydrogen) atoms. The minimum absolute atomic E-state index is 0.0234. The number of anilines is 2. The van der Waals surface area contributed by atoms with Crippen LogP contribution in [0.1, 0.15) is 32.4 Å². The van der Waals surface area contributed by atoms with Gasteiger partial charge in [-0.1, -0.05) is 0 Å². The average molecular weight is 400 g/mol. The van der Waals surface area contributed by atoms with E-state index in [-0.39, 0.29) is 17.8 Å². The fraction of sp³-hybridized carbons (Fsp3) is 0.316. The maximum absolute atomic E-state index is 13.8. The van der Waals surface area contributed by atoms with Gasteiger partial charge in [0.05, 0.1) is 11.2 Å². The molecule has 8 nitrogen and oxygen atoms in total. The van der Waals surface area contributed by atoms with E-state index in [0.29, 0.717) is 35.4 Å². The van der Waals surface area contributed by atoms with Crippen LogP contribution in [0.4, 0.5) is 20.3 Å². The molecule has 1 saturated heterocycles. The maximum atomic E-state index is 13.8. The highest BCUT2D eigenvalue weighted by Gasteiger charge is 2.29. The van der Waals surface area contributed by atoms with E-state index in [1.165, 1.54) is 23.9 Å². The van der Waals surface area contributed by atoms with Crippen LogP contribution in [-0.2, 0) is 15.5 Å². The van der Waals surface area contributed by atoms with E-state index in [1.807, 2.05) is 0 Å². The van der Waals surface area contributed by atoms with E-state index >= 15 is 0 Å². The molecule has 150 valence electrons. The summed E-state index contributed by atoms with van der Waals surface area (Å²) < 4.78 is 29.1. The van der Waals surface area contributed by atoms with Gasteiger partial charge < -0.3 is 10.2 Å². The summed E-state index contributed by atoms with van der Waals surface area (Å²) in [5.74, 6) is -3.12. The highest BCUT2D eigenvalue weighted by Crippen LogP contribution is 2.34. The van der Waals surface area contributed by atoms with Crippen molar-refractivity contribution in [2.75, 3.05) is 16.8 Å². The number of halogens is 2. The Morgan fingerprint density at radius 2 is 2.10 bits per heavy atom. The van der Waals surface area contributed by atoms with Crippen LogP contribution >= 0.6 is 0 Å². The van der Waals surface area contributed by atoms with Crippen molar-refractivity contribution in [2.24, 2.45) is 0 Å². The first-order valence-corrected chi connectivity index (χ1v) is 9.05. The van der Waals surface area contributed by atoms with E-state index in [0.717, 1.165) is 19.4 Å². The molecule has 4 heterocycles. The highest BCUT2D eigenvalue weighted by atomic mass is 19.3. The summed E-state index contributed by atoms with van der Waals surface area (Å²) in [6.45, 7) is 2.68. The number of amides is 2. The van der Waals surface area contributed by atoms with Crippen LogP contribution in [0.15, 0.2) is 30.7 Å². The molecule has 2 amide bonds.